The van der Waals surface area contributed by atoms with Gasteiger partial charge in [0.25, 0.3) is 0 Å². The van der Waals surface area contributed by atoms with Crippen molar-refractivity contribution in [3.63, 3.8) is 0 Å². The summed E-state index contributed by atoms with van der Waals surface area (Å²) >= 11 is 0. The molecule has 1 heterocycles. The molecule has 0 aliphatic rings. The van der Waals surface area contributed by atoms with E-state index >= 15 is 0 Å². The van der Waals surface area contributed by atoms with E-state index in [2.05, 4.69) is 15.7 Å². The van der Waals surface area contributed by atoms with Gasteiger partial charge in [0.2, 0.25) is 0 Å². The molecule has 4 N–H and O–H groups in total. The number of anilines is 2. The third kappa shape index (κ3) is 2.83. The molecular formula is C13H15N5O2. The lowest BCUT2D eigenvalue weighted by Crippen LogP contribution is -2.11. The van der Waals surface area contributed by atoms with E-state index in [1.54, 1.807) is 24.4 Å². The van der Waals surface area contributed by atoms with Gasteiger partial charge < -0.3 is 10.7 Å². The number of rotatable bonds is 5. The number of nitro groups is 1. The maximum atomic E-state index is 11.1. The van der Waals surface area contributed by atoms with Crippen molar-refractivity contribution in [3.05, 3.63) is 57.9 Å². The lowest BCUT2D eigenvalue weighted by atomic mass is 10.2. The summed E-state index contributed by atoms with van der Waals surface area (Å²) in [5.41, 5.74) is 4.77. The lowest BCUT2D eigenvalue weighted by Gasteiger charge is -2.10. The zero-order chi connectivity index (χ0) is 14.5. The van der Waals surface area contributed by atoms with Crippen LogP contribution >= 0.6 is 0 Å². The van der Waals surface area contributed by atoms with Gasteiger partial charge in [-0.1, -0.05) is 12.1 Å². The van der Waals surface area contributed by atoms with E-state index in [9.17, 15) is 10.1 Å². The van der Waals surface area contributed by atoms with Gasteiger partial charge in [0.05, 0.1) is 17.2 Å². The molecule has 20 heavy (non-hydrogen) atoms. The number of aromatic nitrogens is 1. The number of nitrogens with two attached hydrogens (primary N) is 1. The molecular weight excluding hydrogens is 258 g/mol. The van der Waals surface area contributed by atoms with E-state index in [1.165, 1.54) is 0 Å². The van der Waals surface area contributed by atoms with E-state index < -0.39 is 4.92 Å². The smallest absolute Gasteiger partial charge is 0.316 e. The first-order chi connectivity index (χ1) is 9.63. The number of nitrogens with one attached hydrogen (secondary N) is 2. The van der Waals surface area contributed by atoms with Gasteiger partial charge in [0.1, 0.15) is 11.4 Å². The predicted molar refractivity (Wildman–Crippen MR) is 77.2 cm³/mol. The van der Waals surface area contributed by atoms with Crippen LogP contribution in [0.15, 0.2) is 36.5 Å². The monoisotopic (exact) mass is 273 g/mol. The Labute approximate surface area is 116 Å². The zero-order valence-electron chi connectivity index (χ0n) is 11.0. The number of para-hydroxylation sites is 1. The van der Waals surface area contributed by atoms with Crippen molar-refractivity contribution < 1.29 is 4.92 Å². The van der Waals surface area contributed by atoms with Crippen LogP contribution in [-0.4, -0.2) is 9.91 Å². The maximum Gasteiger partial charge on any atom is 0.316 e. The van der Waals surface area contributed by atoms with E-state index in [0.717, 1.165) is 11.3 Å². The molecule has 7 heteroatoms. The minimum Gasteiger partial charge on any atom is -0.374 e. The second kappa shape index (κ2) is 5.98. The average Bonchev–Trinajstić information content (AvgIpc) is 2.45. The number of nitrogens with zero attached hydrogens (tertiary/aromatic N) is 2. The number of pyridine rings is 1. The van der Waals surface area contributed by atoms with Gasteiger partial charge in [-0.2, -0.15) is 0 Å². The van der Waals surface area contributed by atoms with Crippen molar-refractivity contribution in [2.45, 2.75) is 13.5 Å². The molecule has 0 aliphatic heterocycles. The number of benzene rings is 1. The number of aryl methyl sites for hydroxylation is 1. The second-order valence-electron chi connectivity index (χ2n) is 4.22. The van der Waals surface area contributed by atoms with Gasteiger partial charge in [0.15, 0.2) is 0 Å². The first kappa shape index (κ1) is 13.8. The Bertz CT molecular complexity index is 630. The van der Waals surface area contributed by atoms with Crippen LogP contribution in [0.3, 0.4) is 0 Å². The van der Waals surface area contributed by atoms with E-state index in [1.807, 2.05) is 19.1 Å². The highest BCUT2D eigenvalue weighted by atomic mass is 16.6. The van der Waals surface area contributed by atoms with E-state index in [4.69, 9.17) is 5.84 Å². The fourth-order valence-electron chi connectivity index (χ4n) is 1.88. The Morgan fingerprint density at radius 3 is 2.70 bits per heavy atom. The van der Waals surface area contributed by atoms with Crippen molar-refractivity contribution in [1.29, 1.82) is 0 Å². The third-order valence-electron chi connectivity index (χ3n) is 2.94. The quantitative estimate of drug-likeness (QED) is 0.438. The molecule has 2 rings (SSSR count). The number of hydrogen-bond acceptors (Lipinski definition) is 6. The Kier molecular flexibility index (Phi) is 4.11. The summed E-state index contributed by atoms with van der Waals surface area (Å²) in [6.45, 7) is 2.35. The fourth-order valence-corrected chi connectivity index (χ4v) is 1.88. The Balaban J connectivity index is 2.26. The van der Waals surface area contributed by atoms with Crippen molar-refractivity contribution in [1.82, 2.24) is 4.98 Å². The second-order valence-corrected chi connectivity index (χ2v) is 4.22. The van der Waals surface area contributed by atoms with Gasteiger partial charge in [-0.15, -0.1) is 0 Å². The number of hydrogen-bond donors (Lipinski definition) is 3. The van der Waals surface area contributed by atoms with Gasteiger partial charge in [0, 0.05) is 6.20 Å². The summed E-state index contributed by atoms with van der Waals surface area (Å²) in [5, 5.41) is 14.2. The minimum atomic E-state index is -0.469. The normalized spacial score (nSPS) is 10.1. The molecule has 0 aliphatic carbocycles. The van der Waals surface area contributed by atoms with Crippen molar-refractivity contribution >= 4 is 17.1 Å². The highest BCUT2D eigenvalue weighted by Gasteiger charge is 2.18. The first-order valence-electron chi connectivity index (χ1n) is 6.02. The molecule has 1 aromatic carbocycles. The molecule has 0 radical (unpaired) electrons. The molecule has 0 unspecified atom stereocenters. The Morgan fingerprint density at radius 1 is 1.30 bits per heavy atom. The van der Waals surface area contributed by atoms with Crippen LogP contribution in [0.1, 0.15) is 11.3 Å². The standard InChI is InChI=1S/C13H15N5O2/c1-9-4-3-7-15-12(9)8-16-10-5-2-6-11(17-14)13(10)18(19)20/h2-7,16-17H,8,14H2,1H3. The van der Waals surface area contributed by atoms with E-state index in [-0.39, 0.29) is 11.4 Å². The van der Waals surface area contributed by atoms with Crippen LogP contribution in [0, 0.1) is 17.0 Å². The average molecular weight is 273 g/mol. The van der Waals surface area contributed by atoms with Gasteiger partial charge in [-0.3, -0.25) is 20.9 Å². The summed E-state index contributed by atoms with van der Waals surface area (Å²) in [6, 6.07) is 8.67. The molecule has 0 fully saturated rings. The summed E-state index contributed by atoms with van der Waals surface area (Å²) in [7, 11) is 0. The predicted octanol–water partition coefficient (Wildman–Crippen LogP) is 2.20. The molecule has 0 spiro atoms. The number of hydrazine groups is 1. The number of nitro benzene ring substituents is 1. The Hall–Kier alpha value is -2.67. The summed E-state index contributed by atoms with van der Waals surface area (Å²) in [4.78, 5) is 14.9. The topological polar surface area (TPSA) is 106 Å². The van der Waals surface area contributed by atoms with Gasteiger partial charge in [-0.25, -0.2) is 0 Å². The zero-order valence-corrected chi connectivity index (χ0v) is 11.0. The summed E-state index contributed by atoms with van der Waals surface area (Å²) < 4.78 is 0. The third-order valence-corrected chi connectivity index (χ3v) is 2.94. The van der Waals surface area contributed by atoms with Crippen molar-refractivity contribution in [3.8, 4) is 0 Å². The van der Waals surface area contributed by atoms with E-state index in [0.29, 0.717) is 12.2 Å². The maximum absolute atomic E-state index is 11.1. The van der Waals surface area contributed by atoms with Crippen molar-refractivity contribution in [2.75, 3.05) is 10.7 Å². The fraction of sp³-hybridized carbons (Fsp3) is 0.154. The molecule has 104 valence electrons. The van der Waals surface area contributed by atoms with Crippen LogP contribution in [0.2, 0.25) is 0 Å². The molecule has 2 aromatic rings. The van der Waals surface area contributed by atoms with Crippen LogP contribution in [0.5, 0.6) is 0 Å². The highest BCUT2D eigenvalue weighted by molar-refractivity contribution is 5.75. The molecule has 0 bridgehead atoms. The molecule has 0 saturated heterocycles. The minimum absolute atomic E-state index is 0.0800. The van der Waals surface area contributed by atoms with Crippen LogP contribution in [-0.2, 0) is 6.54 Å². The molecule has 0 atom stereocenters. The van der Waals surface area contributed by atoms with Crippen molar-refractivity contribution in [2.24, 2.45) is 5.84 Å². The first-order valence-corrected chi connectivity index (χ1v) is 6.02. The molecule has 7 nitrogen and oxygen atoms in total. The van der Waals surface area contributed by atoms with Crippen LogP contribution < -0.4 is 16.6 Å². The van der Waals surface area contributed by atoms with Gasteiger partial charge in [-0.05, 0) is 30.7 Å². The lowest BCUT2D eigenvalue weighted by molar-refractivity contribution is -0.383. The summed E-state index contributed by atoms with van der Waals surface area (Å²) in [5.74, 6) is 5.29. The molecule has 1 aromatic heterocycles. The largest absolute Gasteiger partial charge is 0.374 e. The molecule has 0 saturated carbocycles. The SMILES string of the molecule is Cc1cccnc1CNc1cccc(NN)c1[N+](=O)[O-]. The summed E-state index contributed by atoms with van der Waals surface area (Å²) in [6.07, 6.45) is 1.69. The van der Waals surface area contributed by atoms with Crippen LogP contribution in [0.4, 0.5) is 17.1 Å². The van der Waals surface area contributed by atoms with Crippen LogP contribution in [0.25, 0.3) is 0 Å². The highest BCUT2D eigenvalue weighted by Crippen LogP contribution is 2.32. The van der Waals surface area contributed by atoms with Gasteiger partial charge >= 0.3 is 5.69 Å². The number of nitrogen functional groups attached to an aromatic ring is 1. The Morgan fingerprint density at radius 2 is 2.05 bits per heavy atom. The molecule has 0 amide bonds.